The van der Waals surface area contributed by atoms with Crippen molar-refractivity contribution in [2.45, 2.75) is 23.5 Å². The topological polar surface area (TPSA) is 101 Å². The fraction of sp³-hybridized carbons (Fsp3) is 0.400. The van der Waals surface area contributed by atoms with Gasteiger partial charge in [0, 0.05) is 0 Å². The van der Waals surface area contributed by atoms with Gasteiger partial charge in [-0.2, -0.15) is 8.42 Å². The van der Waals surface area contributed by atoms with E-state index in [1.54, 1.807) is 0 Å². The molecule has 0 aliphatic heterocycles. The van der Waals surface area contributed by atoms with Crippen LogP contribution in [0.4, 0.5) is 3.89 Å². The molecule has 2 atom stereocenters. The highest BCUT2D eigenvalue weighted by Gasteiger charge is 2.18. The summed E-state index contributed by atoms with van der Waals surface area (Å²) in [6.07, 6.45) is -1.99. The first-order valence-electron chi connectivity index (χ1n) is 4.97. The fourth-order valence-electron chi connectivity index (χ4n) is 1.38. The Bertz CT molecular complexity index is 460. The summed E-state index contributed by atoms with van der Waals surface area (Å²) in [6.45, 7) is 0.217. The Hall–Kier alpha value is -1.02. The maximum Gasteiger partial charge on any atom is 0.332 e. The van der Waals surface area contributed by atoms with Crippen LogP contribution in [0.15, 0.2) is 29.2 Å². The maximum absolute atomic E-state index is 12.6. The molecule has 7 heteroatoms. The summed E-state index contributed by atoms with van der Waals surface area (Å²) in [5.41, 5.74) is 5.53. The van der Waals surface area contributed by atoms with Crippen LogP contribution in [0, 0.1) is 0 Å². The van der Waals surface area contributed by atoms with Crippen LogP contribution in [0.1, 0.15) is 18.1 Å². The van der Waals surface area contributed by atoms with E-state index in [1.807, 2.05) is 0 Å². The third-order valence-electron chi connectivity index (χ3n) is 2.33. The zero-order chi connectivity index (χ0) is 13.1. The Morgan fingerprint density at radius 2 is 1.76 bits per heavy atom. The lowest BCUT2D eigenvalue weighted by Gasteiger charge is -2.17. The quantitative estimate of drug-likeness (QED) is 0.653. The monoisotopic (exact) mass is 263 g/mol. The SMILES string of the molecule is NCCC(O)C(O)c1ccc(S(=O)(=O)F)cc1. The smallest absolute Gasteiger partial charge is 0.332 e. The molecule has 0 amide bonds. The predicted octanol–water partition coefficient (Wildman–Crippen LogP) is 0.0879. The first kappa shape index (κ1) is 14.0. The number of nitrogens with two attached hydrogens (primary N) is 1. The van der Waals surface area contributed by atoms with E-state index in [0.29, 0.717) is 5.56 Å². The Labute approximate surface area is 98.9 Å². The van der Waals surface area contributed by atoms with Crippen LogP contribution in [0.3, 0.4) is 0 Å². The molecule has 0 aliphatic carbocycles. The minimum absolute atomic E-state index is 0.213. The maximum atomic E-state index is 12.6. The van der Waals surface area contributed by atoms with Crippen molar-refractivity contribution < 1.29 is 22.5 Å². The molecule has 2 unspecified atom stereocenters. The number of aliphatic hydroxyl groups excluding tert-OH is 2. The van der Waals surface area contributed by atoms with Gasteiger partial charge in [-0.3, -0.25) is 0 Å². The average Bonchev–Trinajstić information content (AvgIpc) is 2.27. The third-order valence-corrected chi connectivity index (χ3v) is 3.17. The molecule has 0 aromatic heterocycles. The van der Waals surface area contributed by atoms with Gasteiger partial charge in [0.1, 0.15) is 6.10 Å². The molecule has 0 saturated carbocycles. The minimum atomic E-state index is -4.74. The predicted molar refractivity (Wildman–Crippen MR) is 59.4 cm³/mol. The highest BCUT2D eigenvalue weighted by atomic mass is 32.3. The van der Waals surface area contributed by atoms with Crippen LogP contribution in [-0.2, 0) is 10.2 Å². The number of hydrogen-bond donors (Lipinski definition) is 3. The summed E-state index contributed by atoms with van der Waals surface area (Å²) in [6, 6.07) is 4.56. The van der Waals surface area contributed by atoms with E-state index >= 15 is 0 Å². The number of hydrogen-bond acceptors (Lipinski definition) is 5. The van der Waals surface area contributed by atoms with Crippen molar-refractivity contribution in [2.24, 2.45) is 5.73 Å². The van der Waals surface area contributed by atoms with E-state index in [1.165, 1.54) is 12.1 Å². The van der Waals surface area contributed by atoms with E-state index in [-0.39, 0.29) is 13.0 Å². The van der Waals surface area contributed by atoms with Crippen LogP contribution in [0.25, 0.3) is 0 Å². The number of aliphatic hydroxyl groups is 2. The van der Waals surface area contributed by atoms with Gasteiger partial charge in [-0.1, -0.05) is 12.1 Å². The lowest BCUT2D eigenvalue weighted by Crippen LogP contribution is -2.21. The largest absolute Gasteiger partial charge is 0.390 e. The molecule has 96 valence electrons. The number of rotatable bonds is 5. The molecule has 0 fully saturated rings. The molecule has 0 aliphatic rings. The highest BCUT2D eigenvalue weighted by molar-refractivity contribution is 7.86. The van der Waals surface area contributed by atoms with Crippen molar-refractivity contribution in [2.75, 3.05) is 6.54 Å². The summed E-state index contributed by atoms with van der Waals surface area (Å²) in [4.78, 5) is -0.484. The highest BCUT2D eigenvalue weighted by Crippen LogP contribution is 2.21. The van der Waals surface area contributed by atoms with Gasteiger partial charge in [0.15, 0.2) is 0 Å². The molecule has 0 bridgehead atoms. The van der Waals surface area contributed by atoms with Gasteiger partial charge < -0.3 is 15.9 Å². The van der Waals surface area contributed by atoms with E-state index < -0.39 is 27.3 Å². The van der Waals surface area contributed by atoms with E-state index in [4.69, 9.17) is 5.73 Å². The van der Waals surface area contributed by atoms with Crippen molar-refractivity contribution in [3.63, 3.8) is 0 Å². The van der Waals surface area contributed by atoms with Crippen LogP contribution in [0.2, 0.25) is 0 Å². The normalized spacial score (nSPS) is 15.5. The van der Waals surface area contributed by atoms with Crippen LogP contribution in [0.5, 0.6) is 0 Å². The summed E-state index contributed by atoms with van der Waals surface area (Å²) in [7, 11) is -4.74. The molecule has 1 rings (SSSR count). The standard InChI is InChI=1S/C10H14FNO4S/c11-17(15,16)8-3-1-7(2-4-8)10(14)9(13)5-6-12/h1-4,9-10,13-14H,5-6,12H2. The Morgan fingerprint density at radius 1 is 1.24 bits per heavy atom. The Balaban J connectivity index is 2.88. The van der Waals surface area contributed by atoms with Crippen molar-refractivity contribution >= 4 is 10.2 Å². The number of halogens is 1. The molecule has 0 saturated heterocycles. The Morgan fingerprint density at radius 3 is 2.18 bits per heavy atom. The van der Waals surface area contributed by atoms with Crippen LogP contribution in [-0.4, -0.2) is 31.3 Å². The van der Waals surface area contributed by atoms with Gasteiger partial charge in [-0.05, 0) is 30.7 Å². The summed E-state index contributed by atoms with van der Waals surface area (Å²) in [5.74, 6) is 0. The fourth-order valence-corrected chi connectivity index (χ4v) is 1.84. The van der Waals surface area contributed by atoms with Crippen LogP contribution < -0.4 is 5.73 Å². The molecule has 1 aromatic rings. The van der Waals surface area contributed by atoms with Crippen molar-refractivity contribution in [1.82, 2.24) is 0 Å². The molecular weight excluding hydrogens is 249 g/mol. The van der Waals surface area contributed by atoms with Crippen molar-refractivity contribution in [3.8, 4) is 0 Å². The zero-order valence-electron chi connectivity index (χ0n) is 8.95. The van der Waals surface area contributed by atoms with E-state index in [2.05, 4.69) is 0 Å². The second-order valence-corrected chi connectivity index (χ2v) is 4.94. The molecular formula is C10H14FNO4S. The summed E-state index contributed by atoms with van der Waals surface area (Å²) in [5, 5.41) is 19.1. The van der Waals surface area contributed by atoms with Crippen LogP contribution >= 0.6 is 0 Å². The molecule has 0 spiro atoms. The zero-order valence-corrected chi connectivity index (χ0v) is 9.77. The van der Waals surface area contributed by atoms with Gasteiger partial charge in [0.25, 0.3) is 0 Å². The summed E-state index contributed by atoms with van der Waals surface area (Å²) < 4.78 is 33.7. The van der Waals surface area contributed by atoms with Gasteiger partial charge in [0.05, 0.1) is 11.0 Å². The van der Waals surface area contributed by atoms with Gasteiger partial charge in [-0.25, -0.2) is 0 Å². The third kappa shape index (κ3) is 3.74. The van der Waals surface area contributed by atoms with Gasteiger partial charge in [-0.15, -0.1) is 3.89 Å². The molecule has 4 N–H and O–H groups in total. The lowest BCUT2D eigenvalue weighted by molar-refractivity contribution is 0.0150. The first-order valence-corrected chi connectivity index (χ1v) is 6.35. The number of benzene rings is 1. The molecule has 1 aromatic carbocycles. The molecule has 5 nitrogen and oxygen atoms in total. The Kier molecular flexibility index (Phi) is 4.58. The van der Waals surface area contributed by atoms with E-state index in [9.17, 15) is 22.5 Å². The molecule has 0 radical (unpaired) electrons. The molecule has 17 heavy (non-hydrogen) atoms. The average molecular weight is 263 g/mol. The second-order valence-electron chi connectivity index (χ2n) is 3.60. The van der Waals surface area contributed by atoms with E-state index in [0.717, 1.165) is 12.1 Å². The second kappa shape index (κ2) is 5.54. The van der Waals surface area contributed by atoms with Gasteiger partial charge >= 0.3 is 10.2 Å². The van der Waals surface area contributed by atoms with Crippen molar-refractivity contribution in [1.29, 1.82) is 0 Å². The lowest BCUT2D eigenvalue weighted by atomic mass is 10.0. The first-order chi connectivity index (χ1) is 7.86. The van der Waals surface area contributed by atoms with Gasteiger partial charge in [0.2, 0.25) is 0 Å². The van der Waals surface area contributed by atoms with Crippen molar-refractivity contribution in [3.05, 3.63) is 29.8 Å². The minimum Gasteiger partial charge on any atom is -0.390 e. The summed E-state index contributed by atoms with van der Waals surface area (Å²) >= 11 is 0. The molecule has 0 heterocycles.